The minimum Gasteiger partial charge on any atom is -0.478 e. The Morgan fingerprint density at radius 2 is 2.00 bits per heavy atom. The Morgan fingerprint density at radius 1 is 1.30 bits per heavy atom. The Bertz CT molecular complexity index is 455. The number of carboxylic acid groups (broad SMARTS) is 1. The number of aliphatic carboxylic acids is 1. The lowest BCUT2D eigenvalue weighted by Crippen LogP contribution is -2.16. The fourth-order valence-corrected chi connectivity index (χ4v) is 1.87. The molecule has 1 aromatic carbocycles. The summed E-state index contributed by atoms with van der Waals surface area (Å²) in [5.41, 5.74) is 2.79. The molecular formula is C16H23NO3. The van der Waals surface area contributed by atoms with Crippen LogP contribution < -0.4 is 5.32 Å². The fourth-order valence-electron chi connectivity index (χ4n) is 1.87. The molecule has 0 aliphatic heterocycles. The van der Waals surface area contributed by atoms with Crippen molar-refractivity contribution in [2.75, 3.05) is 13.2 Å². The number of carboxylic acids is 1. The minimum absolute atomic E-state index is 0.445. The molecule has 1 rings (SSSR count). The number of rotatable bonds is 9. The van der Waals surface area contributed by atoms with E-state index >= 15 is 0 Å². The Hall–Kier alpha value is -1.65. The second kappa shape index (κ2) is 9.28. The summed E-state index contributed by atoms with van der Waals surface area (Å²) in [7, 11) is 0. The van der Waals surface area contributed by atoms with E-state index in [0.717, 1.165) is 0 Å². The van der Waals surface area contributed by atoms with Crippen molar-refractivity contribution in [2.45, 2.75) is 33.4 Å². The van der Waals surface area contributed by atoms with Crippen molar-refractivity contribution in [1.82, 2.24) is 5.32 Å². The van der Waals surface area contributed by atoms with Gasteiger partial charge in [0.1, 0.15) is 0 Å². The van der Waals surface area contributed by atoms with E-state index in [1.165, 1.54) is 11.1 Å². The molecule has 0 saturated heterocycles. The molecule has 0 amide bonds. The molecule has 0 fully saturated rings. The Balaban J connectivity index is 2.51. The van der Waals surface area contributed by atoms with Crippen molar-refractivity contribution in [3.63, 3.8) is 0 Å². The van der Waals surface area contributed by atoms with Gasteiger partial charge in [-0.2, -0.15) is 0 Å². The van der Waals surface area contributed by atoms with Gasteiger partial charge in [-0.1, -0.05) is 37.3 Å². The van der Waals surface area contributed by atoms with E-state index in [1.807, 2.05) is 26.0 Å². The summed E-state index contributed by atoms with van der Waals surface area (Å²) in [4.78, 5) is 10.9. The molecule has 20 heavy (non-hydrogen) atoms. The van der Waals surface area contributed by atoms with Crippen molar-refractivity contribution >= 4 is 5.97 Å². The second-order valence-electron chi connectivity index (χ2n) is 4.42. The van der Waals surface area contributed by atoms with E-state index in [9.17, 15) is 4.79 Å². The number of nitrogens with one attached hydrogen (secondary N) is 1. The van der Waals surface area contributed by atoms with E-state index in [1.54, 1.807) is 6.08 Å². The van der Waals surface area contributed by atoms with Crippen LogP contribution in [0.3, 0.4) is 0 Å². The highest BCUT2D eigenvalue weighted by molar-refractivity contribution is 5.86. The lowest BCUT2D eigenvalue weighted by molar-refractivity contribution is -0.132. The van der Waals surface area contributed by atoms with Gasteiger partial charge in [-0.05, 0) is 24.5 Å². The zero-order valence-corrected chi connectivity index (χ0v) is 12.2. The SMILES string of the molecule is CCOCc1ccccc1CNC/C=C(/CC)C(=O)O. The molecule has 0 aromatic heterocycles. The highest BCUT2D eigenvalue weighted by Gasteiger charge is 2.03. The number of hydrogen-bond donors (Lipinski definition) is 2. The lowest BCUT2D eigenvalue weighted by atomic mass is 10.1. The third-order valence-corrected chi connectivity index (χ3v) is 3.04. The maximum absolute atomic E-state index is 10.9. The minimum atomic E-state index is -0.842. The molecule has 0 aliphatic rings. The summed E-state index contributed by atoms with van der Waals surface area (Å²) in [6.45, 7) is 6.39. The molecule has 0 aliphatic carbocycles. The fraction of sp³-hybridized carbons (Fsp3) is 0.438. The predicted octanol–water partition coefficient (Wildman–Crippen LogP) is 2.73. The molecule has 0 unspecified atom stereocenters. The Labute approximate surface area is 120 Å². The van der Waals surface area contributed by atoms with Crippen molar-refractivity contribution in [3.05, 3.63) is 47.0 Å². The van der Waals surface area contributed by atoms with Gasteiger partial charge in [0, 0.05) is 25.3 Å². The van der Waals surface area contributed by atoms with Crippen LogP contribution in [0.4, 0.5) is 0 Å². The van der Waals surface area contributed by atoms with Gasteiger partial charge in [-0.25, -0.2) is 4.79 Å². The number of ether oxygens (including phenoxy) is 1. The predicted molar refractivity (Wildman–Crippen MR) is 79.5 cm³/mol. The summed E-state index contributed by atoms with van der Waals surface area (Å²) in [5.74, 6) is -0.842. The average Bonchev–Trinajstić information content (AvgIpc) is 2.45. The van der Waals surface area contributed by atoms with Gasteiger partial charge in [0.25, 0.3) is 0 Å². The van der Waals surface area contributed by atoms with E-state index in [0.29, 0.717) is 38.3 Å². The smallest absolute Gasteiger partial charge is 0.331 e. The largest absolute Gasteiger partial charge is 0.478 e. The Morgan fingerprint density at radius 3 is 2.60 bits per heavy atom. The third-order valence-electron chi connectivity index (χ3n) is 3.04. The van der Waals surface area contributed by atoms with Crippen molar-refractivity contribution in [1.29, 1.82) is 0 Å². The molecule has 0 spiro atoms. The normalized spacial score (nSPS) is 11.6. The van der Waals surface area contributed by atoms with E-state index in [4.69, 9.17) is 9.84 Å². The molecule has 0 heterocycles. The lowest BCUT2D eigenvalue weighted by Gasteiger charge is -2.10. The number of carbonyl (C=O) groups is 1. The summed E-state index contributed by atoms with van der Waals surface area (Å²) in [6, 6.07) is 8.11. The quantitative estimate of drug-likeness (QED) is 0.538. The van der Waals surface area contributed by atoms with Gasteiger partial charge < -0.3 is 15.2 Å². The van der Waals surface area contributed by atoms with E-state index in [2.05, 4.69) is 17.4 Å². The van der Waals surface area contributed by atoms with Crippen LogP contribution in [0.5, 0.6) is 0 Å². The monoisotopic (exact) mass is 277 g/mol. The van der Waals surface area contributed by atoms with Crippen molar-refractivity contribution in [2.24, 2.45) is 0 Å². The van der Waals surface area contributed by atoms with Gasteiger partial charge >= 0.3 is 5.97 Å². The van der Waals surface area contributed by atoms with E-state index < -0.39 is 5.97 Å². The molecular weight excluding hydrogens is 254 g/mol. The molecule has 4 nitrogen and oxygen atoms in total. The molecule has 0 bridgehead atoms. The summed E-state index contributed by atoms with van der Waals surface area (Å²) >= 11 is 0. The summed E-state index contributed by atoms with van der Waals surface area (Å²) in [6.07, 6.45) is 2.27. The summed E-state index contributed by atoms with van der Waals surface area (Å²) in [5, 5.41) is 12.2. The third kappa shape index (κ3) is 5.55. The van der Waals surface area contributed by atoms with Gasteiger partial charge in [0.05, 0.1) is 6.61 Å². The van der Waals surface area contributed by atoms with Crippen LogP contribution in [0.1, 0.15) is 31.4 Å². The zero-order chi connectivity index (χ0) is 14.8. The first kappa shape index (κ1) is 16.4. The van der Waals surface area contributed by atoms with Gasteiger partial charge in [0.15, 0.2) is 0 Å². The first-order valence-corrected chi connectivity index (χ1v) is 6.96. The molecule has 0 radical (unpaired) electrons. The molecule has 1 aromatic rings. The molecule has 4 heteroatoms. The van der Waals surface area contributed by atoms with Crippen molar-refractivity contribution < 1.29 is 14.6 Å². The topological polar surface area (TPSA) is 58.6 Å². The second-order valence-corrected chi connectivity index (χ2v) is 4.42. The van der Waals surface area contributed by atoms with Crippen LogP contribution in [0.25, 0.3) is 0 Å². The van der Waals surface area contributed by atoms with E-state index in [-0.39, 0.29) is 0 Å². The van der Waals surface area contributed by atoms with Crippen LogP contribution in [0, 0.1) is 0 Å². The first-order valence-electron chi connectivity index (χ1n) is 6.96. The molecule has 0 atom stereocenters. The standard InChI is InChI=1S/C16H23NO3/c1-3-13(16(18)19)9-10-17-11-14-7-5-6-8-15(14)12-20-4-2/h5-9,17H,3-4,10-12H2,1-2H3,(H,18,19)/b13-9-. The number of benzene rings is 1. The van der Waals surface area contributed by atoms with Crippen LogP contribution >= 0.6 is 0 Å². The van der Waals surface area contributed by atoms with Gasteiger partial charge in [-0.3, -0.25) is 0 Å². The maximum atomic E-state index is 10.9. The zero-order valence-electron chi connectivity index (χ0n) is 12.2. The highest BCUT2D eigenvalue weighted by Crippen LogP contribution is 2.10. The molecule has 2 N–H and O–H groups in total. The van der Waals surface area contributed by atoms with Crippen LogP contribution in [0.15, 0.2) is 35.9 Å². The number of hydrogen-bond acceptors (Lipinski definition) is 3. The van der Waals surface area contributed by atoms with Gasteiger partial charge in [-0.15, -0.1) is 0 Å². The van der Waals surface area contributed by atoms with Crippen LogP contribution in [-0.2, 0) is 22.7 Å². The molecule has 0 saturated carbocycles. The summed E-state index contributed by atoms with van der Waals surface area (Å²) < 4.78 is 5.44. The Kier molecular flexibility index (Phi) is 7.62. The molecule has 110 valence electrons. The van der Waals surface area contributed by atoms with Crippen LogP contribution in [0.2, 0.25) is 0 Å². The van der Waals surface area contributed by atoms with Crippen molar-refractivity contribution in [3.8, 4) is 0 Å². The highest BCUT2D eigenvalue weighted by atomic mass is 16.5. The average molecular weight is 277 g/mol. The first-order chi connectivity index (χ1) is 9.69. The van der Waals surface area contributed by atoms with Crippen LogP contribution in [-0.4, -0.2) is 24.2 Å². The van der Waals surface area contributed by atoms with Gasteiger partial charge in [0.2, 0.25) is 0 Å². The maximum Gasteiger partial charge on any atom is 0.331 e.